The zero-order chi connectivity index (χ0) is 28.5. The summed E-state index contributed by atoms with van der Waals surface area (Å²) in [5.41, 5.74) is 3.10. The lowest BCUT2D eigenvalue weighted by Gasteiger charge is -2.36. The van der Waals surface area contributed by atoms with E-state index in [4.69, 9.17) is 13.9 Å². The van der Waals surface area contributed by atoms with Gasteiger partial charge in [-0.05, 0) is 61.0 Å². The molecule has 1 aromatic rings. The largest absolute Gasteiger partial charge is 0.497 e. The Balaban J connectivity index is 2.95. The molecule has 0 heterocycles. The van der Waals surface area contributed by atoms with E-state index in [0.717, 1.165) is 11.3 Å². The Kier molecular flexibility index (Phi) is 12.5. The highest BCUT2D eigenvalue weighted by molar-refractivity contribution is 6.84. The predicted molar refractivity (Wildman–Crippen MR) is 159 cm³/mol. The molecule has 0 saturated carbocycles. The Morgan fingerprint density at radius 2 is 1.68 bits per heavy atom. The van der Waals surface area contributed by atoms with Crippen LogP contribution in [0.4, 0.5) is 0 Å². The predicted octanol–water partition coefficient (Wildman–Crippen LogP) is 6.78. The number of carbonyl (C=O) groups is 1. The average Bonchev–Trinajstić information content (AvgIpc) is 2.79. The minimum Gasteiger partial charge on any atom is -0.497 e. The van der Waals surface area contributed by atoms with Crippen molar-refractivity contribution in [2.45, 2.75) is 104 Å². The SMILES string of the molecule is COc1ccc(CO[C@](C)(C/C=C/[C@@H](C)CO[Si](C)(C)C(C)(C)C)[C@H](O)CC(=O)C#C[Si](C)(C)C)cc1. The Morgan fingerprint density at radius 3 is 2.19 bits per heavy atom. The van der Waals surface area contributed by atoms with E-state index < -0.39 is 28.1 Å². The van der Waals surface area contributed by atoms with Gasteiger partial charge in [0.1, 0.15) is 13.8 Å². The van der Waals surface area contributed by atoms with Gasteiger partial charge in [-0.1, -0.05) is 71.6 Å². The van der Waals surface area contributed by atoms with Crippen LogP contribution in [-0.2, 0) is 20.6 Å². The maximum atomic E-state index is 12.5. The van der Waals surface area contributed by atoms with E-state index in [1.54, 1.807) is 7.11 Å². The minimum absolute atomic E-state index is 0.0610. The van der Waals surface area contributed by atoms with Gasteiger partial charge in [-0.25, -0.2) is 0 Å². The van der Waals surface area contributed by atoms with Crippen molar-refractivity contribution in [1.29, 1.82) is 0 Å². The number of ether oxygens (including phenoxy) is 2. The summed E-state index contributed by atoms with van der Waals surface area (Å²) in [5.74, 6) is 3.48. The summed E-state index contributed by atoms with van der Waals surface area (Å²) in [7, 11) is -1.86. The van der Waals surface area contributed by atoms with Crippen LogP contribution in [0.1, 0.15) is 53.0 Å². The molecule has 0 radical (unpaired) electrons. The number of carbonyl (C=O) groups excluding carboxylic acids is 1. The molecule has 1 rings (SSSR count). The second kappa shape index (κ2) is 13.9. The number of rotatable bonds is 13. The molecule has 0 amide bonds. The highest BCUT2D eigenvalue weighted by Crippen LogP contribution is 2.36. The lowest BCUT2D eigenvalue weighted by Crippen LogP contribution is -2.43. The van der Waals surface area contributed by atoms with Crippen molar-refractivity contribution in [3.8, 4) is 17.2 Å². The molecule has 0 aliphatic heterocycles. The van der Waals surface area contributed by atoms with Gasteiger partial charge < -0.3 is 19.0 Å². The van der Waals surface area contributed by atoms with Gasteiger partial charge in [0.2, 0.25) is 5.78 Å². The van der Waals surface area contributed by atoms with Crippen molar-refractivity contribution in [3.63, 3.8) is 0 Å². The summed E-state index contributed by atoms with van der Waals surface area (Å²) < 4.78 is 17.9. The molecule has 0 bridgehead atoms. The molecular weight excluding hydrogens is 496 g/mol. The number of Topliss-reactive ketones (excluding diaryl/α,β-unsaturated/α-hetero) is 1. The fourth-order valence-corrected chi connectivity index (χ4v) is 4.73. The van der Waals surface area contributed by atoms with E-state index in [2.05, 4.69) is 78.0 Å². The molecule has 0 fully saturated rings. The first-order valence-corrected chi connectivity index (χ1v) is 19.6. The summed E-state index contributed by atoms with van der Waals surface area (Å²) in [5, 5.41) is 11.3. The molecule has 0 aliphatic rings. The first-order chi connectivity index (χ1) is 16.9. The van der Waals surface area contributed by atoms with Crippen LogP contribution in [0.25, 0.3) is 0 Å². The molecule has 5 nitrogen and oxygen atoms in total. The number of ketones is 1. The molecular formula is C30H50O5Si2. The van der Waals surface area contributed by atoms with E-state index in [-0.39, 0.29) is 23.2 Å². The standard InChI is InChI=1S/C30H50O5Si2/c1-24(22-35-37(10,11)29(2,3)4)13-12-19-30(5,28(32)21-26(31)18-20-36(7,8)9)34-23-25-14-16-27(33-6)17-15-25/h12-17,24,28,32H,19,21-23H2,1-11H3/b13-12+/t24-,28-,30-/m1/s1. The number of methoxy groups -OCH3 is 1. The summed E-state index contributed by atoms with van der Waals surface area (Å²) in [6, 6.07) is 7.64. The van der Waals surface area contributed by atoms with E-state index in [0.29, 0.717) is 19.6 Å². The van der Waals surface area contributed by atoms with Crippen LogP contribution in [0.5, 0.6) is 5.75 Å². The number of benzene rings is 1. The third kappa shape index (κ3) is 12.1. The summed E-state index contributed by atoms with van der Waals surface area (Å²) in [4.78, 5) is 12.5. The van der Waals surface area contributed by atoms with Crippen molar-refractivity contribution in [2.24, 2.45) is 5.92 Å². The fourth-order valence-electron chi connectivity index (χ4n) is 3.11. The molecule has 0 aliphatic carbocycles. The zero-order valence-corrected chi connectivity index (χ0v) is 27.0. The van der Waals surface area contributed by atoms with Crippen LogP contribution in [0, 0.1) is 17.4 Å². The van der Waals surface area contributed by atoms with Gasteiger partial charge in [0.15, 0.2) is 8.32 Å². The van der Waals surface area contributed by atoms with Crippen LogP contribution in [-0.4, -0.2) is 52.7 Å². The third-order valence-corrected chi connectivity index (χ3v) is 12.3. The summed E-state index contributed by atoms with van der Waals surface area (Å²) in [6.07, 6.45) is 3.56. The van der Waals surface area contributed by atoms with Crippen molar-refractivity contribution in [1.82, 2.24) is 0 Å². The fraction of sp³-hybridized carbons (Fsp3) is 0.633. The van der Waals surface area contributed by atoms with E-state index in [1.807, 2.05) is 37.3 Å². The lowest BCUT2D eigenvalue weighted by molar-refractivity contribution is -0.134. The van der Waals surface area contributed by atoms with Gasteiger partial charge in [0.25, 0.3) is 0 Å². The topological polar surface area (TPSA) is 65.0 Å². The second-order valence-electron chi connectivity index (χ2n) is 12.8. The minimum atomic E-state index is -1.81. The Hall–Kier alpha value is -1.70. The Morgan fingerprint density at radius 1 is 1.08 bits per heavy atom. The smallest absolute Gasteiger partial charge is 0.207 e. The first kappa shape index (κ1) is 33.3. The van der Waals surface area contributed by atoms with Crippen molar-refractivity contribution < 1.29 is 23.8 Å². The number of aliphatic hydroxyl groups excluding tert-OH is 1. The quantitative estimate of drug-likeness (QED) is 0.168. The summed E-state index contributed by atoms with van der Waals surface area (Å²) in [6.45, 7) is 22.5. The normalized spacial score (nSPS) is 16.0. The molecule has 208 valence electrons. The maximum absolute atomic E-state index is 12.5. The Bertz CT molecular complexity index is 945. The van der Waals surface area contributed by atoms with Crippen molar-refractivity contribution >= 4 is 22.2 Å². The van der Waals surface area contributed by atoms with Crippen LogP contribution in [0.2, 0.25) is 37.8 Å². The third-order valence-electron chi connectivity index (χ3n) is 6.89. The monoisotopic (exact) mass is 546 g/mol. The van der Waals surface area contributed by atoms with Gasteiger partial charge in [-0.3, -0.25) is 4.79 Å². The molecule has 3 atom stereocenters. The van der Waals surface area contributed by atoms with Gasteiger partial charge in [0.05, 0.1) is 25.4 Å². The van der Waals surface area contributed by atoms with E-state index in [1.165, 1.54) is 0 Å². The number of hydrogen-bond donors (Lipinski definition) is 1. The molecule has 0 saturated heterocycles. The molecule has 0 aromatic heterocycles. The highest BCUT2D eigenvalue weighted by Gasteiger charge is 2.37. The van der Waals surface area contributed by atoms with Gasteiger partial charge in [-0.2, -0.15) is 0 Å². The molecule has 1 aromatic carbocycles. The lowest BCUT2D eigenvalue weighted by atomic mass is 9.90. The average molecular weight is 547 g/mol. The highest BCUT2D eigenvalue weighted by atomic mass is 28.4. The molecule has 1 N–H and O–H groups in total. The van der Waals surface area contributed by atoms with Gasteiger partial charge in [0, 0.05) is 13.0 Å². The van der Waals surface area contributed by atoms with Gasteiger partial charge in [-0.15, -0.1) is 5.54 Å². The number of aliphatic hydroxyl groups is 1. The Labute approximate surface area is 228 Å². The van der Waals surface area contributed by atoms with Crippen LogP contribution in [0.15, 0.2) is 36.4 Å². The molecule has 7 heteroatoms. The number of hydrogen-bond acceptors (Lipinski definition) is 5. The summed E-state index contributed by atoms with van der Waals surface area (Å²) >= 11 is 0. The van der Waals surface area contributed by atoms with Crippen LogP contribution < -0.4 is 4.74 Å². The van der Waals surface area contributed by atoms with E-state index in [9.17, 15) is 9.90 Å². The van der Waals surface area contributed by atoms with Crippen LogP contribution >= 0.6 is 0 Å². The van der Waals surface area contributed by atoms with Crippen molar-refractivity contribution in [3.05, 3.63) is 42.0 Å². The van der Waals surface area contributed by atoms with E-state index >= 15 is 0 Å². The molecule has 37 heavy (non-hydrogen) atoms. The molecule has 0 spiro atoms. The zero-order valence-electron chi connectivity index (χ0n) is 25.0. The van der Waals surface area contributed by atoms with Crippen LogP contribution in [0.3, 0.4) is 0 Å². The second-order valence-corrected chi connectivity index (χ2v) is 22.3. The molecule has 0 unspecified atom stereocenters. The van der Waals surface area contributed by atoms with Crippen molar-refractivity contribution in [2.75, 3.05) is 13.7 Å². The maximum Gasteiger partial charge on any atom is 0.207 e. The first-order valence-electron chi connectivity index (χ1n) is 13.2. The van der Waals surface area contributed by atoms with Gasteiger partial charge >= 0.3 is 0 Å².